The van der Waals surface area contributed by atoms with Crippen molar-refractivity contribution in [2.45, 2.75) is 26.9 Å². The summed E-state index contributed by atoms with van der Waals surface area (Å²) in [7, 11) is 0. The first-order valence-corrected chi connectivity index (χ1v) is 5.77. The third-order valence-corrected chi connectivity index (χ3v) is 2.69. The first-order chi connectivity index (χ1) is 8.63. The number of rotatable bonds is 4. The van der Waals surface area contributed by atoms with Gasteiger partial charge in [-0.05, 0) is 26.0 Å². The van der Waals surface area contributed by atoms with Crippen LogP contribution in [0.2, 0.25) is 0 Å². The van der Waals surface area contributed by atoms with Gasteiger partial charge in [0, 0.05) is 6.54 Å². The fourth-order valence-corrected chi connectivity index (χ4v) is 1.73. The number of furan rings is 1. The highest BCUT2D eigenvalue weighted by molar-refractivity contribution is 5.97. The minimum atomic E-state index is -0.244. The summed E-state index contributed by atoms with van der Waals surface area (Å²) in [5.74, 6) is 0.451. The first-order valence-electron chi connectivity index (χ1n) is 5.77. The molecular weight excluding hydrogens is 232 g/mol. The van der Waals surface area contributed by atoms with Crippen LogP contribution >= 0.6 is 0 Å². The molecule has 0 aliphatic rings. The van der Waals surface area contributed by atoms with E-state index < -0.39 is 0 Å². The van der Waals surface area contributed by atoms with Gasteiger partial charge >= 0.3 is 0 Å². The van der Waals surface area contributed by atoms with Crippen LogP contribution in [0.15, 0.2) is 22.8 Å². The van der Waals surface area contributed by atoms with Crippen molar-refractivity contribution in [3.63, 3.8) is 0 Å². The van der Waals surface area contributed by atoms with Crippen molar-refractivity contribution in [3.05, 3.63) is 35.5 Å². The fourth-order valence-electron chi connectivity index (χ4n) is 1.73. The normalized spacial score (nSPS) is 10.6. The Morgan fingerprint density at radius 3 is 3.00 bits per heavy atom. The molecule has 0 saturated carbocycles. The predicted octanol–water partition coefficient (Wildman–Crippen LogP) is 1.32. The Bertz CT molecular complexity index is 543. The number of nitrogen functional groups attached to an aromatic ring is 1. The number of nitrogens with zero attached hydrogens (tertiary/aromatic N) is 2. The van der Waals surface area contributed by atoms with Gasteiger partial charge in [0.1, 0.15) is 11.5 Å². The highest BCUT2D eigenvalue weighted by atomic mass is 16.3. The lowest BCUT2D eigenvalue weighted by Gasteiger charge is -2.06. The van der Waals surface area contributed by atoms with E-state index in [1.165, 1.54) is 0 Å². The van der Waals surface area contributed by atoms with Crippen LogP contribution in [0.3, 0.4) is 0 Å². The van der Waals surface area contributed by atoms with E-state index in [4.69, 9.17) is 10.2 Å². The number of amides is 1. The summed E-state index contributed by atoms with van der Waals surface area (Å²) in [5.41, 5.74) is 7.36. The highest BCUT2D eigenvalue weighted by Gasteiger charge is 2.18. The van der Waals surface area contributed by atoms with Crippen LogP contribution in [0.4, 0.5) is 5.69 Å². The van der Waals surface area contributed by atoms with E-state index in [-0.39, 0.29) is 5.91 Å². The topological polar surface area (TPSA) is 86.1 Å². The Hall–Kier alpha value is -2.24. The van der Waals surface area contributed by atoms with Crippen LogP contribution in [-0.4, -0.2) is 15.7 Å². The van der Waals surface area contributed by atoms with Gasteiger partial charge in [0.25, 0.3) is 5.91 Å². The van der Waals surface area contributed by atoms with Crippen LogP contribution in [0.25, 0.3) is 0 Å². The fraction of sp³-hybridized carbons (Fsp3) is 0.333. The van der Waals surface area contributed by atoms with Crippen LogP contribution in [0.1, 0.15) is 28.9 Å². The Morgan fingerprint density at radius 1 is 1.61 bits per heavy atom. The molecule has 2 heterocycles. The van der Waals surface area contributed by atoms with Gasteiger partial charge in [-0.1, -0.05) is 0 Å². The van der Waals surface area contributed by atoms with Crippen molar-refractivity contribution in [1.29, 1.82) is 0 Å². The zero-order valence-corrected chi connectivity index (χ0v) is 10.4. The Morgan fingerprint density at radius 2 is 2.39 bits per heavy atom. The molecule has 2 aromatic rings. The zero-order chi connectivity index (χ0) is 13.1. The van der Waals surface area contributed by atoms with E-state index >= 15 is 0 Å². The number of anilines is 1. The van der Waals surface area contributed by atoms with E-state index in [0.29, 0.717) is 35.9 Å². The molecule has 2 rings (SSSR count). The summed E-state index contributed by atoms with van der Waals surface area (Å²) in [5, 5.41) is 6.96. The van der Waals surface area contributed by atoms with Gasteiger partial charge in [0.05, 0.1) is 24.2 Å². The van der Waals surface area contributed by atoms with Crippen LogP contribution in [-0.2, 0) is 13.1 Å². The van der Waals surface area contributed by atoms with Gasteiger partial charge < -0.3 is 15.5 Å². The van der Waals surface area contributed by atoms with Crippen molar-refractivity contribution in [1.82, 2.24) is 15.1 Å². The largest absolute Gasteiger partial charge is 0.467 e. The summed E-state index contributed by atoms with van der Waals surface area (Å²) < 4.78 is 6.74. The standard InChI is InChI=1S/C12H16N4O2/c1-3-16-11(10(13)8(2)15-16)12(17)14-7-9-5-4-6-18-9/h4-6H,3,7,13H2,1-2H3,(H,14,17). The second-order valence-electron chi connectivity index (χ2n) is 3.93. The van der Waals surface area contributed by atoms with Crippen molar-refractivity contribution in [2.24, 2.45) is 0 Å². The van der Waals surface area contributed by atoms with Gasteiger partial charge in [-0.25, -0.2) is 0 Å². The average molecular weight is 248 g/mol. The molecule has 0 aliphatic carbocycles. The number of aromatic nitrogens is 2. The molecule has 0 atom stereocenters. The number of aryl methyl sites for hydroxylation is 2. The van der Waals surface area contributed by atoms with Crippen LogP contribution in [0.5, 0.6) is 0 Å². The molecule has 6 heteroatoms. The molecule has 0 unspecified atom stereocenters. The molecule has 1 amide bonds. The lowest BCUT2D eigenvalue weighted by atomic mass is 10.3. The zero-order valence-electron chi connectivity index (χ0n) is 10.4. The van der Waals surface area contributed by atoms with Crippen LogP contribution < -0.4 is 11.1 Å². The Balaban J connectivity index is 2.13. The van der Waals surface area contributed by atoms with E-state index in [1.54, 1.807) is 30.0 Å². The lowest BCUT2D eigenvalue weighted by Crippen LogP contribution is -2.26. The minimum absolute atomic E-state index is 0.244. The number of hydrogen-bond donors (Lipinski definition) is 2. The Kier molecular flexibility index (Phi) is 3.36. The molecule has 6 nitrogen and oxygen atoms in total. The monoisotopic (exact) mass is 248 g/mol. The van der Waals surface area contributed by atoms with Gasteiger partial charge in [0.15, 0.2) is 0 Å². The lowest BCUT2D eigenvalue weighted by molar-refractivity contribution is 0.0938. The second kappa shape index (κ2) is 4.95. The molecular formula is C12H16N4O2. The number of hydrogen-bond acceptors (Lipinski definition) is 4. The maximum Gasteiger partial charge on any atom is 0.272 e. The van der Waals surface area contributed by atoms with Gasteiger partial charge in [0.2, 0.25) is 0 Å². The molecule has 0 aliphatic heterocycles. The molecule has 0 saturated heterocycles. The summed E-state index contributed by atoms with van der Waals surface area (Å²) in [4.78, 5) is 12.1. The van der Waals surface area contributed by atoms with Gasteiger partial charge in [-0.2, -0.15) is 5.10 Å². The van der Waals surface area contributed by atoms with Crippen LogP contribution in [0, 0.1) is 6.92 Å². The third kappa shape index (κ3) is 2.22. The quantitative estimate of drug-likeness (QED) is 0.854. The Labute approximate surface area is 105 Å². The predicted molar refractivity (Wildman–Crippen MR) is 66.9 cm³/mol. The van der Waals surface area contributed by atoms with E-state index in [0.717, 1.165) is 0 Å². The first kappa shape index (κ1) is 12.2. The molecule has 2 aromatic heterocycles. The molecule has 0 spiro atoms. The smallest absolute Gasteiger partial charge is 0.272 e. The number of carbonyl (C=O) groups is 1. The summed E-state index contributed by atoms with van der Waals surface area (Å²) >= 11 is 0. The van der Waals surface area contributed by atoms with Gasteiger partial charge in [-0.15, -0.1) is 0 Å². The maximum atomic E-state index is 12.1. The highest BCUT2D eigenvalue weighted by Crippen LogP contribution is 2.16. The van der Waals surface area contributed by atoms with Crippen molar-refractivity contribution in [3.8, 4) is 0 Å². The third-order valence-electron chi connectivity index (χ3n) is 2.69. The van der Waals surface area contributed by atoms with Crippen molar-refractivity contribution < 1.29 is 9.21 Å². The summed E-state index contributed by atoms with van der Waals surface area (Å²) in [6.07, 6.45) is 1.57. The van der Waals surface area contributed by atoms with Crippen molar-refractivity contribution >= 4 is 11.6 Å². The molecule has 0 radical (unpaired) electrons. The molecule has 0 bridgehead atoms. The summed E-state index contributed by atoms with van der Waals surface area (Å²) in [6.45, 7) is 4.63. The maximum absolute atomic E-state index is 12.1. The number of nitrogens with two attached hydrogens (primary N) is 1. The minimum Gasteiger partial charge on any atom is -0.467 e. The molecule has 18 heavy (non-hydrogen) atoms. The second-order valence-corrected chi connectivity index (χ2v) is 3.93. The van der Waals surface area contributed by atoms with Crippen molar-refractivity contribution in [2.75, 3.05) is 5.73 Å². The SMILES string of the molecule is CCn1nc(C)c(N)c1C(=O)NCc1ccco1. The van der Waals surface area contributed by atoms with E-state index in [9.17, 15) is 4.79 Å². The van der Waals surface area contributed by atoms with E-state index in [2.05, 4.69) is 10.4 Å². The number of carbonyl (C=O) groups excluding carboxylic acids is 1. The summed E-state index contributed by atoms with van der Waals surface area (Å²) in [6, 6.07) is 3.57. The molecule has 0 aromatic carbocycles. The molecule has 0 fully saturated rings. The number of nitrogens with one attached hydrogen (secondary N) is 1. The molecule has 96 valence electrons. The average Bonchev–Trinajstić information content (AvgIpc) is 2.96. The molecule has 3 N–H and O–H groups in total. The van der Waals surface area contributed by atoms with E-state index in [1.807, 2.05) is 6.92 Å². The van der Waals surface area contributed by atoms with Gasteiger partial charge in [-0.3, -0.25) is 9.48 Å².